The quantitative estimate of drug-likeness (QED) is 0.0288. The summed E-state index contributed by atoms with van der Waals surface area (Å²) in [4.78, 5) is 36.1. The van der Waals surface area contributed by atoms with Gasteiger partial charge in [-0.05, 0) is 38.5 Å². The molecular weight excluding hydrogens is 629 g/mol. The molecule has 0 fully saturated rings. The predicted molar refractivity (Wildman–Crippen MR) is 196 cm³/mol. The summed E-state index contributed by atoms with van der Waals surface area (Å²) >= 11 is 0. The molecule has 0 aliphatic rings. The number of phosphoric ester groups is 1. The van der Waals surface area contributed by atoms with E-state index in [0.29, 0.717) is 13.0 Å². The molecule has 0 aliphatic carbocycles. The maximum absolute atomic E-state index is 12.5. The first kappa shape index (κ1) is 46.8. The van der Waals surface area contributed by atoms with Crippen LogP contribution in [0.4, 0.5) is 0 Å². The van der Waals surface area contributed by atoms with E-state index in [9.17, 15) is 19.0 Å². The van der Waals surface area contributed by atoms with Gasteiger partial charge in [0.2, 0.25) is 0 Å². The zero-order valence-electron chi connectivity index (χ0n) is 31.5. The average molecular weight is 705 g/mol. The van der Waals surface area contributed by atoms with Crippen LogP contribution in [0.1, 0.15) is 174 Å². The van der Waals surface area contributed by atoms with Crippen molar-refractivity contribution in [3.63, 3.8) is 0 Å². The van der Waals surface area contributed by atoms with Crippen molar-refractivity contribution in [2.24, 2.45) is 0 Å². The number of carbonyl (C=O) groups excluding carboxylic acids is 2. The number of phosphoric acid groups is 1. The summed E-state index contributed by atoms with van der Waals surface area (Å²) in [7, 11) is -0.526. The summed E-state index contributed by atoms with van der Waals surface area (Å²) in [6.45, 7) is 4.42. The molecule has 0 aromatic heterocycles. The first-order chi connectivity index (χ1) is 23.2. The summed E-state index contributed by atoms with van der Waals surface area (Å²) in [6, 6.07) is 0. The Bertz CT molecular complexity index is 823. The third kappa shape index (κ3) is 34.6. The number of ether oxygens (including phenoxy) is 2. The van der Waals surface area contributed by atoms with Gasteiger partial charge in [0.15, 0.2) is 6.10 Å². The van der Waals surface area contributed by atoms with Crippen LogP contribution < -0.4 is 4.90 Å². The number of hydrogen-bond acceptors (Lipinski definition) is 7. The molecule has 0 aromatic rings. The topological polar surface area (TPSA) is 113 Å². The first-order valence-electron chi connectivity index (χ1n) is 19.6. The zero-order valence-corrected chi connectivity index (χ0v) is 32.4. The summed E-state index contributed by atoms with van der Waals surface area (Å²) in [5.74, 6) is -0.804. The molecule has 10 heteroatoms. The third-order valence-corrected chi connectivity index (χ3v) is 9.37. The molecule has 2 N–H and O–H groups in total. The third-order valence-electron chi connectivity index (χ3n) is 8.39. The van der Waals surface area contributed by atoms with Crippen molar-refractivity contribution in [3.05, 3.63) is 12.2 Å². The Hall–Kier alpha value is -1.25. The minimum atomic E-state index is -4.34. The highest BCUT2D eigenvalue weighted by Gasteiger charge is 2.26. The highest BCUT2D eigenvalue weighted by molar-refractivity contribution is 7.47. The lowest BCUT2D eigenvalue weighted by molar-refractivity contribution is -0.858. The van der Waals surface area contributed by atoms with Crippen molar-refractivity contribution in [2.45, 2.75) is 180 Å². The number of nitrogens with one attached hydrogen (secondary N) is 1. The van der Waals surface area contributed by atoms with E-state index in [2.05, 4.69) is 26.0 Å². The van der Waals surface area contributed by atoms with Crippen LogP contribution >= 0.6 is 7.82 Å². The van der Waals surface area contributed by atoms with Crippen molar-refractivity contribution < 1.29 is 42.5 Å². The second-order valence-electron chi connectivity index (χ2n) is 13.6. The standard InChI is InChI=1S/C38H74NO8P/c1-5-7-9-11-13-15-17-18-19-20-21-23-24-26-28-30-37(40)44-34-36(35-46-48(42,43)45-33-32-39(3)4)47-38(41)31-29-27-25-22-16-14-12-10-8-6-2/h18-19,36H,5-17,20-35H2,1-4H3,(H,42,43)/p+1/b19-18-/t36-/m1/s1. The van der Waals surface area contributed by atoms with E-state index >= 15 is 0 Å². The number of allylic oxidation sites excluding steroid dienone is 2. The van der Waals surface area contributed by atoms with Crippen molar-refractivity contribution in [3.8, 4) is 0 Å². The van der Waals surface area contributed by atoms with E-state index in [4.69, 9.17) is 18.5 Å². The minimum Gasteiger partial charge on any atom is -0.462 e. The SMILES string of the molecule is CCCCCCCC/C=C\CCCCCCCC(=O)OC[C@H](COP(=O)(O)OCC[NH+](C)C)OC(=O)CCCCCCCCCCCC. The Labute approximate surface area is 294 Å². The van der Waals surface area contributed by atoms with Gasteiger partial charge in [0.1, 0.15) is 19.8 Å². The predicted octanol–water partition coefficient (Wildman–Crippen LogP) is 9.07. The molecule has 284 valence electrons. The Morgan fingerprint density at radius 3 is 1.54 bits per heavy atom. The molecule has 0 saturated carbocycles. The van der Waals surface area contributed by atoms with Crippen LogP contribution in [-0.2, 0) is 32.7 Å². The smallest absolute Gasteiger partial charge is 0.462 e. The van der Waals surface area contributed by atoms with Gasteiger partial charge in [0.05, 0.1) is 20.7 Å². The number of unbranched alkanes of at least 4 members (excludes halogenated alkanes) is 20. The molecule has 0 amide bonds. The second-order valence-corrected chi connectivity index (χ2v) is 15.1. The molecule has 1 unspecified atom stereocenters. The molecule has 9 nitrogen and oxygen atoms in total. The molecule has 0 saturated heterocycles. The highest BCUT2D eigenvalue weighted by atomic mass is 31.2. The summed E-state index contributed by atoms with van der Waals surface area (Å²) in [5, 5.41) is 0. The van der Waals surface area contributed by atoms with Gasteiger partial charge < -0.3 is 19.3 Å². The van der Waals surface area contributed by atoms with Crippen molar-refractivity contribution >= 4 is 19.8 Å². The molecule has 0 spiro atoms. The van der Waals surface area contributed by atoms with Crippen LogP contribution in [0.2, 0.25) is 0 Å². The lowest BCUT2D eigenvalue weighted by Crippen LogP contribution is -3.06. The minimum absolute atomic E-state index is 0.0459. The van der Waals surface area contributed by atoms with E-state index in [-0.39, 0.29) is 32.0 Å². The molecule has 0 aliphatic heterocycles. The van der Waals surface area contributed by atoms with Crippen LogP contribution in [0.3, 0.4) is 0 Å². The highest BCUT2D eigenvalue weighted by Crippen LogP contribution is 2.43. The van der Waals surface area contributed by atoms with Crippen LogP contribution in [0, 0.1) is 0 Å². The summed E-state index contributed by atoms with van der Waals surface area (Å²) in [5.41, 5.74) is 0. The second kappa shape index (κ2) is 34.2. The van der Waals surface area contributed by atoms with Crippen molar-refractivity contribution in [1.82, 2.24) is 0 Å². The average Bonchev–Trinajstić information content (AvgIpc) is 3.04. The number of carbonyl (C=O) groups is 2. The van der Waals surface area contributed by atoms with Crippen LogP contribution in [0.15, 0.2) is 12.2 Å². The Balaban J connectivity index is 4.32. The lowest BCUT2D eigenvalue weighted by Gasteiger charge is -2.20. The Morgan fingerprint density at radius 2 is 1.06 bits per heavy atom. The van der Waals surface area contributed by atoms with Crippen LogP contribution in [-0.4, -0.2) is 63.4 Å². The van der Waals surface area contributed by atoms with Gasteiger partial charge in [0.25, 0.3) is 0 Å². The fraction of sp³-hybridized carbons (Fsp3) is 0.895. The van der Waals surface area contributed by atoms with Gasteiger partial charge >= 0.3 is 19.8 Å². The molecule has 0 heterocycles. The molecule has 0 bridgehead atoms. The van der Waals surface area contributed by atoms with Gasteiger partial charge in [-0.25, -0.2) is 4.57 Å². The fourth-order valence-electron chi connectivity index (χ4n) is 5.30. The molecule has 2 atom stereocenters. The molecule has 48 heavy (non-hydrogen) atoms. The number of hydrogen-bond donors (Lipinski definition) is 2. The molecule has 0 radical (unpaired) electrons. The van der Waals surface area contributed by atoms with Gasteiger partial charge in [-0.1, -0.05) is 135 Å². The maximum atomic E-state index is 12.5. The van der Waals surface area contributed by atoms with Crippen LogP contribution in [0.25, 0.3) is 0 Å². The van der Waals surface area contributed by atoms with Gasteiger partial charge in [-0.15, -0.1) is 0 Å². The van der Waals surface area contributed by atoms with Crippen LogP contribution in [0.5, 0.6) is 0 Å². The monoisotopic (exact) mass is 705 g/mol. The largest absolute Gasteiger partial charge is 0.472 e. The van der Waals surface area contributed by atoms with E-state index in [1.807, 2.05) is 14.1 Å². The van der Waals surface area contributed by atoms with Crippen molar-refractivity contribution in [1.29, 1.82) is 0 Å². The number of esters is 2. The number of rotatable bonds is 36. The van der Waals surface area contributed by atoms with Gasteiger partial charge in [-0.3, -0.25) is 18.6 Å². The van der Waals surface area contributed by atoms with Gasteiger partial charge in [0, 0.05) is 12.8 Å². The number of likely N-dealkylation sites (N-methyl/N-ethyl adjacent to an activating group) is 1. The first-order valence-corrected chi connectivity index (χ1v) is 21.1. The fourth-order valence-corrected chi connectivity index (χ4v) is 6.05. The molecular formula is C38H75NO8P+. The van der Waals surface area contributed by atoms with Gasteiger partial charge in [-0.2, -0.15) is 0 Å². The van der Waals surface area contributed by atoms with E-state index in [1.165, 1.54) is 96.3 Å². The summed E-state index contributed by atoms with van der Waals surface area (Å²) < 4.78 is 33.3. The normalized spacial score (nSPS) is 13.6. The zero-order chi connectivity index (χ0) is 35.6. The van der Waals surface area contributed by atoms with Crippen molar-refractivity contribution in [2.75, 3.05) is 40.5 Å². The molecule has 0 aromatic carbocycles. The molecule has 0 rings (SSSR count). The summed E-state index contributed by atoms with van der Waals surface area (Å²) in [6.07, 6.45) is 31.2. The Kier molecular flexibility index (Phi) is 33.3. The lowest BCUT2D eigenvalue weighted by atomic mass is 10.1. The van der Waals surface area contributed by atoms with E-state index in [0.717, 1.165) is 49.8 Å². The Morgan fingerprint density at radius 1 is 0.625 bits per heavy atom. The number of quaternary nitrogens is 1. The van der Waals surface area contributed by atoms with E-state index < -0.39 is 26.5 Å². The maximum Gasteiger partial charge on any atom is 0.472 e. The van der Waals surface area contributed by atoms with E-state index in [1.54, 1.807) is 0 Å².